The highest BCUT2D eigenvalue weighted by atomic mass is 31.3. The molecule has 19 nitrogen and oxygen atoms in total. The van der Waals surface area contributed by atoms with E-state index in [1.807, 2.05) is 0 Å². The molecule has 1 saturated heterocycles. The number of ether oxygens (including phenoxy) is 1. The van der Waals surface area contributed by atoms with Gasteiger partial charge in [0.15, 0.2) is 23.2 Å². The first-order valence-electron chi connectivity index (χ1n) is 8.60. The first-order chi connectivity index (χ1) is 15.1. The van der Waals surface area contributed by atoms with Gasteiger partial charge in [-0.15, -0.1) is 0 Å². The van der Waals surface area contributed by atoms with Crippen molar-refractivity contribution in [1.29, 1.82) is 0 Å². The molecule has 0 radical (unpaired) electrons. The second kappa shape index (κ2) is 9.24. The summed E-state index contributed by atoms with van der Waals surface area (Å²) in [6.45, 7) is -0.968. The van der Waals surface area contributed by atoms with E-state index in [-0.39, 0.29) is 22.9 Å². The molecule has 0 amide bonds. The second-order valence-electron chi connectivity index (χ2n) is 6.44. The number of aromatic nitrogens is 4. The monoisotopic (exact) mass is 536 g/mol. The zero-order chi connectivity index (χ0) is 24.8. The number of phosphoric acid groups is 3. The van der Waals surface area contributed by atoms with Crippen molar-refractivity contribution in [2.24, 2.45) is 0 Å². The van der Waals surface area contributed by atoms with Gasteiger partial charge in [0.05, 0.1) is 12.9 Å². The predicted octanol–water partition coefficient (Wildman–Crippen LogP) is -1.59. The van der Waals surface area contributed by atoms with Gasteiger partial charge in [-0.1, -0.05) is 0 Å². The van der Waals surface area contributed by atoms with Crippen molar-refractivity contribution in [3.05, 3.63) is 6.33 Å². The summed E-state index contributed by atoms with van der Waals surface area (Å²) < 4.78 is 52.1. The summed E-state index contributed by atoms with van der Waals surface area (Å²) in [5.41, 5.74) is 6.03. The number of fused-ring (bicyclic) bond motifs is 1. The number of hydrogen-bond donors (Lipinski definition) is 8. The standard InChI is InChI=1S/C11H19N6O13P3/c1-13-8-5-9(16-11(12)15-8)17(3-14-5)10-7(19)6(18)4(28-10)2-27-32(23,24)30-33(25,26)29-31(20,21)22/h3-4,6-7,10,18-19H,2H2,1H3,(H,23,24)(H,25,26)(H2,20,21,22)(H3,12,13,15,16)/t4-,6+,7+,10-/m1/s1. The molecule has 0 aromatic carbocycles. The van der Waals surface area contributed by atoms with Crippen molar-refractivity contribution in [1.82, 2.24) is 19.5 Å². The van der Waals surface area contributed by atoms with Crippen LogP contribution in [0.15, 0.2) is 6.33 Å². The van der Waals surface area contributed by atoms with Crippen LogP contribution in [0.3, 0.4) is 0 Å². The number of nitrogen functional groups attached to an aromatic ring is 1. The molecule has 33 heavy (non-hydrogen) atoms. The fourth-order valence-electron chi connectivity index (χ4n) is 2.86. The molecular weight excluding hydrogens is 517 g/mol. The molecule has 6 atom stereocenters. The van der Waals surface area contributed by atoms with Crippen LogP contribution in [0.25, 0.3) is 11.2 Å². The topological polar surface area (TPSA) is 291 Å². The minimum atomic E-state index is -5.71. The Hall–Kier alpha value is -1.56. The lowest BCUT2D eigenvalue weighted by atomic mass is 10.1. The van der Waals surface area contributed by atoms with Gasteiger partial charge >= 0.3 is 23.5 Å². The molecule has 3 heterocycles. The predicted molar refractivity (Wildman–Crippen MR) is 105 cm³/mol. The second-order valence-corrected chi connectivity index (χ2v) is 10.9. The Bertz CT molecular complexity index is 1170. The molecule has 1 aliphatic rings. The van der Waals surface area contributed by atoms with Crippen molar-refractivity contribution in [3.8, 4) is 0 Å². The molecule has 2 unspecified atom stereocenters. The average molecular weight is 536 g/mol. The van der Waals surface area contributed by atoms with Gasteiger partial charge in [-0.3, -0.25) is 9.09 Å². The summed E-state index contributed by atoms with van der Waals surface area (Å²) in [4.78, 5) is 47.8. The van der Waals surface area contributed by atoms with Crippen LogP contribution in [0.4, 0.5) is 11.8 Å². The molecule has 0 saturated carbocycles. The fraction of sp³-hybridized carbons (Fsp3) is 0.545. The first-order valence-corrected chi connectivity index (χ1v) is 13.1. The molecule has 0 bridgehead atoms. The SMILES string of the molecule is CNc1nc(N)nc2c1ncn2[C@@H]1O[C@H](COP(=O)(O)OP(=O)(O)OP(=O)(O)O)[C@H](O)[C@@H]1O. The van der Waals surface area contributed by atoms with Crippen LogP contribution >= 0.6 is 23.5 Å². The van der Waals surface area contributed by atoms with Gasteiger partial charge in [0, 0.05) is 7.05 Å². The van der Waals surface area contributed by atoms with E-state index in [0.29, 0.717) is 0 Å². The van der Waals surface area contributed by atoms with E-state index in [1.54, 1.807) is 7.05 Å². The molecule has 22 heteroatoms. The van der Waals surface area contributed by atoms with Crippen molar-refractivity contribution < 1.29 is 61.4 Å². The number of nitrogens with two attached hydrogens (primary N) is 1. The Labute approximate surface area is 183 Å². The molecule has 1 fully saturated rings. The smallest absolute Gasteiger partial charge is 0.387 e. The number of hydrogen-bond acceptors (Lipinski definition) is 14. The van der Waals surface area contributed by atoms with Crippen molar-refractivity contribution in [2.75, 3.05) is 24.7 Å². The third-order valence-electron chi connectivity index (χ3n) is 4.10. The summed E-state index contributed by atoms with van der Waals surface area (Å²) in [5, 5.41) is 23.4. The molecule has 9 N–H and O–H groups in total. The fourth-order valence-corrected chi connectivity index (χ4v) is 5.89. The number of aliphatic hydroxyl groups excluding tert-OH is 2. The van der Waals surface area contributed by atoms with Gasteiger partial charge in [0.25, 0.3) is 0 Å². The van der Waals surface area contributed by atoms with Gasteiger partial charge < -0.3 is 45.6 Å². The number of rotatable bonds is 9. The van der Waals surface area contributed by atoms with Crippen molar-refractivity contribution in [3.63, 3.8) is 0 Å². The highest BCUT2D eigenvalue weighted by molar-refractivity contribution is 7.66. The summed E-state index contributed by atoms with van der Waals surface area (Å²) in [6, 6.07) is 0. The largest absolute Gasteiger partial charge is 0.490 e. The third-order valence-corrected chi connectivity index (χ3v) is 7.91. The number of anilines is 2. The Morgan fingerprint density at radius 2 is 1.79 bits per heavy atom. The summed E-state index contributed by atoms with van der Waals surface area (Å²) in [5.74, 6) is 0.138. The summed E-state index contributed by atoms with van der Waals surface area (Å²) in [7, 11) is -15.2. The molecule has 0 spiro atoms. The van der Waals surface area contributed by atoms with Crippen LogP contribution in [0.5, 0.6) is 0 Å². The van der Waals surface area contributed by atoms with Crippen molar-refractivity contribution >= 4 is 46.4 Å². The maximum atomic E-state index is 11.8. The van der Waals surface area contributed by atoms with Gasteiger partial charge in [0.2, 0.25) is 5.95 Å². The van der Waals surface area contributed by atoms with E-state index in [4.69, 9.17) is 25.2 Å². The molecule has 0 aliphatic carbocycles. The van der Waals surface area contributed by atoms with Gasteiger partial charge in [0.1, 0.15) is 18.3 Å². The molecule has 186 valence electrons. The zero-order valence-corrected chi connectivity index (χ0v) is 19.0. The maximum Gasteiger partial charge on any atom is 0.490 e. The van der Waals surface area contributed by atoms with Crippen LogP contribution in [0.2, 0.25) is 0 Å². The number of nitrogens with one attached hydrogen (secondary N) is 1. The van der Waals surface area contributed by atoms with E-state index >= 15 is 0 Å². The van der Waals surface area contributed by atoms with Gasteiger partial charge in [-0.2, -0.15) is 18.6 Å². The first kappa shape index (κ1) is 26.1. The van der Waals surface area contributed by atoms with Crippen LogP contribution in [0, 0.1) is 0 Å². The molecule has 1 aliphatic heterocycles. The molecule has 3 rings (SSSR count). The minimum absolute atomic E-state index is 0.122. The average Bonchev–Trinajstić information content (AvgIpc) is 3.18. The van der Waals surface area contributed by atoms with E-state index in [9.17, 15) is 28.8 Å². The Morgan fingerprint density at radius 1 is 1.12 bits per heavy atom. The molecule has 2 aromatic rings. The van der Waals surface area contributed by atoms with Crippen molar-refractivity contribution in [2.45, 2.75) is 24.5 Å². The van der Waals surface area contributed by atoms with Crippen LogP contribution in [-0.4, -0.2) is 81.3 Å². The van der Waals surface area contributed by atoms with E-state index in [0.717, 1.165) is 0 Å². The third kappa shape index (κ3) is 6.12. The number of nitrogens with zero attached hydrogens (tertiary/aromatic N) is 4. The van der Waals surface area contributed by atoms with Gasteiger partial charge in [-0.25, -0.2) is 18.7 Å². The summed E-state index contributed by atoms with van der Waals surface area (Å²) in [6.07, 6.45) is -4.90. The van der Waals surface area contributed by atoms with E-state index in [2.05, 4.69) is 33.4 Å². The lowest BCUT2D eigenvalue weighted by Gasteiger charge is -2.19. The van der Waals surface area contributed by atoms with Gasteiger partial charge in [-0.05, 0) is 0 Å². The summed E-state index contributed by atoms with van der Waals surface area (Å²) >= 11 is 0. The number of aliphatic hydroxyl groups is 2. The molecule has 2 aromatic heterocycles. The Morgan fingerprint density at radius 3 is 2.39 bits per heavy atom. The Kier molecular flexibility index (Phi) is 7.29. The lowest BCUT2D eigenvalue weighted by molar-refractivity contribution is -0.0503. The number of imidazole rings is 1. The highest BCUT2D eigenvalue weighted by Crippen LogP contribution is 2.66. The van der Waals surface area contributed by atoms with E-state index in [1.165, 1.54) is 10.9 Å². The van der Waals surface area contributed by atoms with Crippen LogP contribution in [-0.2, 0) is 31.6 Å². The highest BCUT2D eigenvalue weighted by Gasteiger charge is 2.47. The zero-order valence-electron chi connectivity index (χ0n) is 16.3. The molecular formula is C11H19N6O13P3. The lowest BCUT2D eigenvalue weighted by Crippen LogP contribution is -2.33. The van der Waals surface area contributed by atoms with Crippen LogP contribution < -0.4 is 11.1 Å². The Balaban J connectivity index is 1.73. The number of phosphoric ester groups is 1. The van der Waals surface area contributed by atoms with Crippen LogP contribution in [0.1, 0.15) is 6.23 Å². The quantitative estimate of drug-likeness (QED) is 0.168. The maximum absolute atomic E-state index is 11.8. The minimum Gasteiger partial charge on any atom is -0.387 e. The van der Waals surface area contributed by atoms with E-state index < -0.39 is 54.6 Å². The normalized spacial score (nSPS) is 27.4.